The van der Waals surface area contributed by atoms with E-state index in [-0.39, 0.29) is 18.3 Å². The summed E-state index contributed by atoms with van der Waals surface area (Å²) in [4.78, 5) is 12.2. The van der Waals surface area contributed by atoms with Crippen LogP contribution in [0, 0.1) is 0 Å². The second kappa shape index (κ2) is 4.13. The summed E-state index contributed by atoms with van der Waals surface area (Å²) in [5.74, 6) is 0.127. The average molecular weight is 256 g/mol. The lowest BCUT2D eigenvalue weighted by atomic mass is 10.2. The number of aromatic nitrogens is 4. The molecule has 0 saturated heterocycles. The molecule has 0 amide bonds. The van der Waals surface area contributed by atoms with Crippen molar-refractivity contribution in [3.63, 3.8) is 0 Å². The van der Waals surface area contributed by atoms with Crippen LogP contribution in [0.5, 0.6) is 0 Å². The molecular weight excluding hydrogens is 244 g/mol. The van der Waals surface area contributed by atoms with Gasteiger partial charge in [-0.15, -0.1) is 5.10 Å². The molecule has 0 aliphatic heterocycles. The Morgan fingerprint density at radius 3 is 2.74 bits per heavy atom. The predicted molar refractivity (Wildman–Crippen MR) is 71.4 cm³/mol. The third-order valence-corrected chi connectivity index (χ3v) is 2.87. The van der Waals surface area contributed by atoms with Gasteiger partial charge in [0.05, 0.1) is 17.4 Å². The summed E-state index contributed by atoms with van der Waals surface area (Å²) >= 11 is 0. The molecule has 0 unspecified atom stereocenters. The van der Waals surface area contributed by atoms with Crippen LogP contribution in [0.3, 0.4) is 0 Å². The molecule has 0 saturated carbocycles. The molecule has 0 fully saturated rings. The van der Waals surface area contributed by atoms with Crippen LogP contribution in [0.2, 0.25) is 0 Å². The summed E-state index contributed by atoms with van der Waals surface area (Å²) in [5.41, 5.74) is 12.7. The first-order chi connectivity index (χ1) is 9.15. The van der Waals surface area contributed by atoms with Gasteiger partial charge in [0.2, 0.25) is 0 Å². The van der Waals surface area contributed by atoms with Gasteiger partial charge in [-0.1, -0.05) is 23.4 Å². The molecule has 3 rings (SSSR count). The number of carbonyl (C=O) groups is 1. The van der Waals surface area contributed by atoms with Crippen molar-refractivity contribution in [2.75, 3.05) is 11.5 Å². The van der Waals surface area contributed by atoms with Crippen LogP contribution in [-0.4, -0.2) is 25.5 Å². The van der Waals surface area contributed by atoms with Crippen molar-refractivity contribution < 1.29 is 4.79 Å². The quantitative estimate of drug-likeness (QED) is 0.703. The van der Waals surface area contributed by atoms with Gasteiger partial charge in [0.25, 0.3) is 5.91 Å². The second-order valence-electron chi connectivity index (χ2n) is 4.21. The molecule has 96 valence electrons. The van der Waals surface area contributed by atoms with E-state index in [1.165, 1.54) is 15.4 Å². The van der Waals surface area contributed by atoms with E-state index in [2.05, 4.69) is 10.3 Å². The van der Waals surface area contributed by atoms with Gasteiger partial charge in [0, 0.05) is 11.6 Å². The fraction of sp³-hybridized carbons (Fsp3) is 0.0833. The molecular formula is C12H12N6O. The normalized spacial score (nSPS) is 10.9. The monoisotopic (exact) mass is 256 g/mol. The third-order valence-electron chi connectivity index (χ3n) is 2.87. The lowest BCUT2D eigenvalue weighted by molar-refractivity contribution is 0.0891. The minimum atomic E-state index is -0.155. The molecule has 3 aromatic rings. The predicted octanol–water partition coefficient (Wildman–Crippen LogP) is 0.738. The highest BCUT2D eigenvalue weighted by Crippen LogP contribution is 2.22. The van der Waals surface area contributed by atoms with Gasteiger partial charge >= 0.3 is 0 Å². The number of carbonyl (C=O) groups excluding carboxylic acids is 1. The summed E-state index contributed by atoms with van der Waals surface area (Å²) < 4.78 is 2.91. The number of nitrogens with zero attached hydrogens (tertiary/aromatic N) is 4. The van der Waals surface area contributed by atoms with Gasteiger partial charge in [-0.2, -0.15) is 0 Å². The van der Waals surface area contributed by atoms with Crippen LogP contribution in [0.4, 0.5) is 11.5 Å². The summed E-state index contributed by atoms with van der Waals surface area (Å²) in [6.07, 6.45) is 3.13. The van der Waals surface area contributed by atoms with Crippen LogP contribution in [-0.2, 0) is 6.54 Å². The molecule has 0 radical (unpaired) electrons. The van der Waals surface area contributed by atoms with Gasteiger partial charge < -0.3 is 11.5 Å². The maximum Gasteiger partial charge on any atom is 0.252 e. The lowest BCUT2D eigenvalue weighted by Crippen LogP contribution is -2.17. The van der Waals surface area contributed by atoms with E-state index in [9.17, 15) is 4.79 Å². The number of nitrogen functional groups attached to an aromatic ring is 2. The Labute approximate surface area is 108 Å². The molecule has 19 heavy (non-hydrogen) atoms. The van der Waals surface area contributed by atoms with Crippen molar-refractivity contribution in [1.82, 2.24) is 19.6 Å². The zero-order valence-corrected chi connectivity index (χ0v) is 10.0. The average Bonchev–Trinajstić information content (AvgIpc) is 2.95. The Bertz CT molecular complexity index is 757. The number of anilines is 2. The zero-order chi connectivity index (χ0) is 13.4. The first-order valence-electron chi connectivity index (χ1n) is 5.69. The first-order valence-corrected chi connectivity index (χ1v) is 5.69. The summed E-state index contributed by atoms with van der Waals surface area (Å²) in [6.45, 7) is 0.0579. The molecule has 4 N–H and O–H groups in total. The van der Waals surface area contributed by atoms with E-state index >= 15 is 0 Å². The minimum Gasteiger partial charge on any atom is -0.397 e. The number of rotatable bonds is 2. The molecule has 0 atom stereocenters. The molecule has 7 nitrogen and oxygen atoms in total. The smallest absolute Gasteiger partial charge is 0.252 e. The lowest BCUT2D eigenvalue weighted by Gasteiger charge is -2.03. The zero-order valence-electron chi connectivity index (χ0n) is 10.0. The topological polar surface area (TPSA) is 105 Å². The van der Waals surface area contributed by atoms with Crippen molar-refractivity contribution >= 4 is 28.3 Å². The SMILES string of the molecule is Nc1cn(CC(=O)n2cc(N)c3ccccc32)nn1. The summed E-state index contributed by atoms with van der Waals surface area (Å²) in [6, 6.07) is 7.46. The largest absolute Gasteiger partial charge is 0.397 e. The van der Waals surface area contributed by atoms with E-state index in [0.29, 0.717) is 5.69 Å². The van der Waals surface area contributed by atoms with E-state index in [1.807, 2.05) is 24.3 Å². The Hall–Kier alpha value is -2.83. The maximum absolute atomic E-state index is 12.2. The summed E-state index contributed by atoms with van der Waals surface area (Å²) in [5, 5.41) is 8.24. The van der Waals surface area contributed by atoms with Crippen LogP contribution < -0.4 is 11.5 Å². The number of hydrogen-bond donors (Lipinski definition) is 2. The van der Waals surface area contributed by atoms with Gasteiger partial charge in [-0.05, 0) is 6.07 Å². The Kier molecular flexibility index (Phi) is 2.45. The number of nitrogens with two attached hydrogens (primary N) is 2. The Balaban J connectivity index is 1.98. The van der Waals surface area contributed by atoms with Crippen LogP contribution in [0.1, 0.15) is 4.79 Å². The molecule has 2 aromatic heterocycles. The van der Waals surface area contributed by atoms with Crippen molar-refractivity contribution in [3.05, 3.63) is 36.7 Å². The molecule has 0 aliphatic carbocycles. The molecule has 1 aromatic carbocycles. The number of hydrogen-bond acceptors (Lipinski definition) is 5. The highest BCUT2D eigenvalue weighted by Gasteiger charge is 2.12. The van der Waals surface area contributed by atoms with Crippen LogP contribution in [0.15, 0.2) is 36.7 Å². The van der Waals surface area contributed by atoms with Gasteiger partial charge in [0.1, 0.15) is 6.54 Å². The van der Waals surface area contributed by atoms with Crippen molar-refractivity contribution in [2.24, 2.45) is 0 Å². The number of fused-ring (bicyclic) bond motifs is 1. The molecule has 0 spiro atoms. The second-order valence-corrected chi connectivity index (χ2v) is 4.21. The molecule has 0 aliphatic rings. The van der Waals surface area contributed by atoms with Crippen molar-refractivity contribution in [2.45, 2.75) is 6.54 Å². The van der Waals surface area contributed by atoms with E-state index in [0.717, 1.165) is 10.9 Å². The highest BCUT2D eigenvalue weighted by atomic mass is 16.2. The van der Waals surface area contributed by atoms with E-state index in [1.54, 1.807) is 6.20 Å². The van der Waals surface area contributed by atoms with Crippen molar-refractivity contribution in [3.8, 4) is 0 Å². The van der Waals surface area contributed by atoms with E-state index in [4.69, 9.17) is 11.5 Å². The fourth-order valence-electron chi connectivity index (χ4n) is 2.02. The molecule has 2 heterocycles. The van der Waals surface area contributed by atoms with Gasteiger partial charge in [-0.25, -0.2) is 4.68 Å². The van der Waals surface area contributed by atoms with Gasteiger partial charge in [-0.3, -0.25) is 9.36 Å². The highest BCUT2D eigenvalue weighted by molar-refractivity contribution is 5.99. The van der Waals surface area contributed by atoms with Crippen LogP contribution in [0.25, 0.3) is 10.9 Å². The maximum atomic E-state index is 12.2. The standard InChI is InChI=1S/C12H12N6O/c13-9-5-18(10-4-2-1-3-8(9)10)12(19)7-17-6-11(14)15-16-17/h1-6H,7,13-14H2. The summed E-state index contributed by atoms with van der Waals surface area (Å²) in [7, 11) is 0. The fourth-order valence-corrected chi connectivity index (χ4v) is 2.02. The minimum absolute atomic E-state index is 0.0579. The third kappa shape index (κ3) is 1.90. The van der Waals surface area contributed by atoms with Crippen molar-refractivity contribution in [1.29, 1.82) is 0 Å². The van der Waals surface area contributed by atoms with Gasteiger partial charge in [0.15, 0.2) is 5.82 Å². The molecule has 7 heteroatoms. The number of benzene rings is 1. The van der Waals surface area contributed by atoms with Crippen LogP contribution >= 0.6 is 0 Å². The Morgan fingerprint density at radius 2 is 2.00 bits per heavy atom. The van der Waals surface area contributed by atoms with E-state index < -0.39 is 0 Å². The molecule has 0 bridgehead atoms. The number of para-hydroxylation sites is 1. The first kappa shape index (κ1) is 11.3. The Morgan fingerprint density at radius 1 is 1.21 bits per heavy atom.